The zero-order valence-corrected chi connectivity index (χ0v) is 14.0. The van der Waals surface area contributed by atoms with Crippen LogP contribution in [0, 0.1) is 0 Å². The van der Waals surface area contributed by atoms with Gasteiger partial charge < -0.3 is 15.4 Å². The van der Waals surface area contributed by atoms with Crippen LogP contribution < -0.4 is 10.6 Å². The van der Waals surface area contributed by atoms with Crippen molar-refractivity contribution in [1.29, 1.82) is 0 Å². The summed E-state index contributed by atoms with van der Waals surface area (Å²) in [6, 6.07) is 0. The number of amides is 1. The van der Waals surface area contributed by atoms with Gasteiger partial charge in [-0.3, -0.25) is 4.79 Å². The van der Waals surface area contributed by atoms with Crippen LogP contribution in [-0.2, 0) is 19.6 Å². The van der Waals surface area contributed by atoms with Gasteiger partial charge in [0.2, 0.25) is 15.9 Å². The van der Waals surface area contributed by atoms with Crippen LogP contribution in [-0.4, -0.2) is 70.8 Å². The van der Waals surface area contributed by atoms with E-state index in [1.807, 2.05) is 0 Å². The Balaban J connectivity index is 0. The Morgan fingerprint density at radius 3 is 2.25 bits per heavy atom. The Hall–Kier alpha value is -0.410. The zero-order valence-electron chi connectivity index (χ0n) is 12.3. The fourth-order valence-corrected chi connectivity index (χ4v) is 2.92. The maximum absolute atomic E-state index is 11.8. The zero-order chi connectivity index (χ0) is 14.7. The molecule has 0 saturated heterocycles. The third-order valence-electron chi connectivity index (χ3n) is 2.52. The van der Waals surface area contributed by atoms with E-state index >= 15 is 0 Å². The number of methoxy groups -OCH3 is 1. The second kappa shape index (κ2) is 12.3. The number of carbonyl (C=O) groups excluding carboxylic acids is 1. The minimum Gasteiger partial charge on any atom is -0.383 e. The molecule has 2 N–H and O–H groups in total. The summed E-state index contributed by atoms with van der Waals surface area (Å²) in [7, 11) is -1.88. The summed E-state index contributed by atoms with van der Waals surface area (Å²) >= 11 is 0. The number of hydrogen-bond donors (Lipinski definition) is 2. The Morgan fingerprint density at radius 2 is 1.75 bits per heavy atom. The number of halogens is 1. The first-order valence-electron chi connectivity index (χ1n) is 6.42. The van der Waals surface area contributed by atoms with Crippen molar-refractivity contribution < 1.29 is 17.9 Å². The van der Waals surface area contributed by atoms with Crippen molar-refractivity contribution in [3.63, 3.8) is 0 Å². The molecule has 0 spiro atoms. The van der Waals surface area contributed by atoms with Crippen LogP contribution in [0.15, 0.2) is 0 Å². The van der Waals surface area contributed by atoms with Gasteiger partial charge >= 0.3 is 0 Å². The molecule has 20 heavy (non-hydrogen) atoms. The summed E-state index contributed by atoms with van der Waals surface area (Å²) in [6.45, 7) is 6.54. The highest BCUT2D eigenvalue weighted by Gasteiger charge is 2.22. The van der Waals surface area contributed by atoms with Crippen LogP contribution in [0.5, 0.6) is 0 Å². The fraction of sp³-hybridized carbons (Fsp3) is 0.909. The Kier molecular flexibility index (Phi) is 13.5. The van der Waals surface area contributed by atoms with Crippen molar-refractivity contribution in [3.8, 4) is 0 Å². The summed E-state index contributed by atoms with van der Waals surface area (Å²) in [6.07, 6.45) is 0. The molecule has 0 bridgehead atoms. The van der Waals surface area contributed by atoms with Gasteiger partial charge in [-0.15, -0.1) is 12.4 Å². The lowest BCUT2D eigenvalue weighted by atomic mass is 10.5. The molecule has 0 atom stereocenters. The minimum absolute atomic E-state index is 0. The first-order valence-corrected chi connectivity index (χ1v) is 8.03. The smallest absolute Gasteiger partial charge is 0.236 e. The monoisotopic (exact) mass is 331 g/mol. The summed E-state index contributed by atoms with van der Waals surface area (Å²) in [5.74, 6) is -0.965. The van der Waals surface area contributed by atoms with E-state index in [0.29, 0.717) is 39.3 Å². The molecular weight excluding hydrogens is 306 g/mol. The molecule has 0 saturated carbocycles. The van der Waals surface area contributed by atoms with Gasteiger partial charge in [-0.1, -0.05) is 13.8 Å². The number of rotatable bonds is 11. The first-order chi connectivity index (χ1) is 8.97. The van der Waals surface area contributed by atoms with Crippen LogP contribution in [0.3, 0.4) is 0 Å². The van der Waals surface area contributed by atoms with E-state index in [0.717, 1.165) is 0 Å². The predicted molar refractivity (Wildman–Crippen MR) is 81.7 cm³/mol. The van der Waals surface area contributed by atoms with Gasteiger partial charge in [0.15, 0.2) is 0 Å². The molecule has 0 aromatic heterocycles. The highest BCUT2D eigenvalue weighted by molar-refractivity contribution is 7.89. The van der Waals surface area contributed by atoms with Gasteiger partial charge in [0.05, 0.1) is 6.61 Å². The SMILES string of the molecule is CCN(CC)S(=O)(=O)CC(=O)NCCNCCOC.Cl. The molecule has 0 aliphatic rings. The second-order valence-corrected chi connectivity index (χ2v) is 5.90. The standard InChI is InChI=1S/C11H25N3O4S.ClH/c1-4-14(5-2)19(16,17)10-11(15)13-7-6-12-8-9-18-3;/h12H,4-10H2,1-3H3,(H,13,15);1H. The quantitative estimate of drug-likeness (QED) is 0.495. The summed E-state index contributed by atoms with van der Waals surface area (Å²) < 4.78 is 29.8. The first kappa shape index (κ1) is 21.9. The molecule has 9 heteroatoms. The molecule has 0 aromatic carbocycles. The molecule has 122 valence electrons. The van der Waals surface area contributed by atoms with Crippen molar-refractivity contribution in [2.75, 3.05) is 52.2 Å². The van der Waals surface area contributed by atoms with E-state index in [1.165, 1.54) is 4.31 Å². The number of nitrogens with one attached hydrogen (secondary N) is 2. The molecule has 0 radical (unpaired) electrons. The van der Waals surface area contributed by atoms with Crippen molar-refractivity contribution in [2.24, 2.45) is 0 Å². The predicted octanol–water partition coefficient (Wildman–Crippen LogP) is -0.568. The molecular formula is C11H26ClN3O4S. The maximum Gasteiger partial charge on any atom is 0.236 e. The maximum atomic E-state index is 11.8. The molecule has 1 amide bonds. The van der Waals surface area contributed by atoms with Gasteiger partial charge in [-0.05, 0) is 0 Å². The minimum atomic E-state index is -3.49. The Morgan fingerprint density at radius 1 is 1.15 bits per heavy atom. The molecule has 0 fully saturated rings. The van der Waals surface area contributed by atoms with Crippen molar-refractivity contribution in [2.45, 2.75) is 13.8 Å². The largest absolute Gasteiger partial charge is 0.383 e. The normalized spacial score (nSPS) is 11.2. The number of ether oxygens (including phenoxy) is 1. The summed E-state index contributed by atoms with van der Waals surface area (Å²) in [5, 5.41) is 5.62. The van der Waals surface area contributed by atoms with E-state index in [1.54, 1.807) is 21.0 Å². The van der Waals surface area contributed by atoms with Crippen molar-refractivity contribution >= 4 is 28.3 Å². The van der Waals surface area contributed by atoms with Gasteiger partial charge in [0.1, 0.15) is 5.75 Å². The van der Waals surface area contributed by atoms with Crippen LogP contribution in [0.4, 0.5) is 0 Å². The highest BCUT2D eigenvalue weighted by atomic mass is 35.5. The third-order valence-corrected chi connectivity index (χ3v) is 4.45. The molecule has 0 aliphatic carbocycles. The van der Waals surface area contributed by atoms with Crippen molar-refractivity contribution in [3.05, 3.63) is 0 Å². The van der Waals surface area contributed by atoms with E-state index in [9.17, 15) is 13.2 Å². The second-order valence-electron chi connectivity index (χ2n) is 3.93. The number of carbonyl (C=O) groups is 1. The van der Waals surface area contributed by atoms with Gasteiger partial charge in [0.25, 0.3) is 0 Å². The fourth-order valence-electron chi connectivity index (χ4n) is 1.51. The molecule has 0 aliphatic heterocycles. The van der Waals surface area contributed by atoms with Crippen LogP contribution in [0.1, 0.15) is 13.8 Å². The molecule has 0 unspecified atom stereocenters. The molecule has 0 rings (SSSR count). The van der Waals surface area contributed by atoms with Gasteiger partial charge in [0, 0.05) is 39.8 Å². The lowest BCUT2D eigenvalue weighted by molar-refractivity contribution is -0.118. The average molecular weight is 332 g/mol. The molecule has 7 nitrogen and oxygen atoms in total. The van der Waals surface area contributed by atoms with Crippen LogP contribution >= 0.6 is 12.4 Å². The Labute approximate surface area is 127 Å². The summed E-state index contributed by atoms with van der Waals surface area (Å²) in [5.41, 5.74) is 0. The third kappa shape index (κ3) is 9.49. The van der Waals surface area contributed by atoms with E-state index in [4.69, 9.17) is 4.74 Å². The summed E-state index contributed by atoms with van der Waals surface area (Å²) in [4.78, 5) is 11.5. The van der Waals surface area contributed by atoms with E-state index in [-0.39, 0.29) is 12.4 Å². The topological polar surface area (TPSA) is 87.7 Å². The number of sulfonamides is 1. The van der Waals surface area contributed by atoms with E-state index < -0.39 is 21.7 Å². The van der Waals surface area contributed by atoms with Crippen LogP contribution in [0.2, 0.25) is 0 Å². The van der Waals surface area contributed by atoms with E-state index in [2.05, 4.69) is 10.6 Å². The number of nitrogens with zero attached hydrogens (tertiary/aromatic N) is 1. The Bertz CT molecular complexity index is 348. The van der Waals surface area contributed by atoms with Gasteiger partial charge in [-0.2, -0.15) is 0 Å². The number of hydrogen-bond acceptors (Lipinski definition) is 5. The lowest BCUT2D eigenvalue weighted by Gasteiger charge is -2.17. The van der Waals surface area contributed by atoms with Gasteiger partial charge in [-0.25, -0.2) is 12.7 Å². The average Bonchev–Trinajstić information content (AvgIpc) is 2.34. The lowest BCUT2D eigenvalue weighted by Crippen LogP contribution is -2.41. The van der Waals surface area contributed by atoms with Crippen molar-refractivity contribution in [1.82, 2.24) is 14.9 Å². The molecule has 0 aromatic rings. The van der Waals surface area contributed by atoms with Crippen LogP contribution in [0.25, 0.3) is 0 Å². The highest BCUT2D eigenvalue weighted by Crippen LogP contribution is 2.00. The molecule has 0 heterocycles.